The number of rotatable bonds is 4. The number of hydrogen-bond donors (Lipinski definition) is 2. The van der Waals surface area contributed by atoms with Crippen LogP contribution in [0.4, 0.5) is 0 Å². The second-order valence-electron chi connectivity index (χ2n) is 5.22. The van der Waals surface area contributed by atoms with Crippen LogP contribution >= 0.6 is 15.9 Å². The van der Waals surface area contributed by atoms with Gasteiger partial charge in [-0.05, 0) is 43.0 Å². The molecule has 1 fully saturated rings. The summed E-state index contributed by atoms with van der Waals surface area (Å²) >= 11 is 3.37. The van der Waals surface area contributed by atoms with E-state index >= 15 is 0 Å². The maximum absolute atomic E-state index is 12.2. The third-order valence-electron chi connectivity index (χ3n) is 3.90. The van der Waals surface area contributed by atoms with E-state index in [1.807, 2.05) is 24.3 Å². The minimum Gasteiger partial charge on any atom is -0.348 e. The standard InChI is InChI=1S/C15H21BrN2O/c16-13-8-6-12(7-9-13)15(19)18-14(10-17)11-4-2-1-3-5-11/h6-9,11,14H,1-5,10,17H2,(H,18,19). The number of amides is 1. The summed E-state index contributed by atoms with van der Waals surface area (Å²) in [5.41, 5.74) is 6.52. The average molecular weight is 325 g/mol. The number of nitrogens with one attached hydrogen (secondary N) is 1. The van der Waals surface area contributed by atoms with Crippen molar-refractivity contribution in [1.29, 1.82) is 0 Å². The van der Waals surface area contributed by atoms with Crippen molar-refractivity contribution >= 4 is 21.8 Å². The van der Waals surface area contributed by atoms with Crippen LogP contribution in [-0.4, -0.2) is 18.5 Å². The van der Waals surface area contributed by atoms with Crippen molar-refractivity contribution in [3.63, 3.8) is 0 Å². The van der Waals surface area contributed by atoms with Crippen LogP contribution in [0.3, 0.4) is 0 Å². The minimum atomic E-state index is -0.0199. The maximum atomic E-state index is 12.2. The Balaban J connectivity index is 1.97. The lowest BCUT2D eigenvalue weighted by atomic mass is 9.84. The Labute approximate surface area is 123 Å². The van der Waals surface area contributed by atoms with E-state index in [0.29, 0.717) is 18.0 Å². The molecule has 1 amide bonds. The molecule has 1 aromatic carbocycles. The van der Waals surface area contributed by atoms with Gasteiger partial charge in [-0.15, -0.1) is 0 Å². The molecule has 0 saturated heterocycles. The predicted molar refractivity (Wildman–Crippen MR) is 81.0 cm³/mol. The lowest BCUT2D eigenvalue weighted by molar-refractivity contribution is 0.0915. The van der Waals surface area contributed by atoms with Crippen molar-refractivity contribution in [1.82, 2.24) is 5.32 Å². The Hall–Kier alpha value is -0.870. The number of halogens is 1. The van der Waals surface area contributed by atoms with Gasteiger partial charge < -0.3 is 11.1 Å². The van der Waals surface area contributed by atoms with E-state index in [0.717, 1.165) is 4.47 Å². The lowest BCUT2D eigenvalue weighted by Crippen LogP contribution is -2.45. The summed E-state index contributed by atoms with van der Waals surface area (Å²) in [6, 6.07) is 7.53. The number of carbonyl (C=O) groups excluding carboxylic acids is 1. The summed E-state index contributed by atoms with van der Waals surface area (Å²) in [6.07, 6.45) is 6.20. The van der Waals surface area contributed by atoms with Crippen molar-refractivity contribution < 1.29 is 4.79 Å². The first-order valence-electron chi connectivity index (χ1n) is 6.97. The van der Waals surface area contributed by atoms with Crippen molar-refractivity contribution in [3.8, 4) is 0 Å². The normalized spacial score (nSPS) is 18.0. The number of hydrogen-bond acceptors (Lipinski definition) is 2. The highest BCUT2D eigenvalue weighted by Crippen LogP contribution is 2.26. The molecular weight excluding hydrogens is 304 g/mol. The molecule has 104 valence electrons. The second-order valence-corrected chi connectivity index (χ2v) is 6.14. The van der Waals surface area contributed by atoms with Crippen molar-refractivity contribution in [2.75, 3.05) is 6.54 Å². The molecule has 2 rings (SSSR count). The highest BCUT2D eigenvalue weighted by atomic mass is 79.9. The molecule has 4 heteroatoms. The van der Waals surface area contributed by atoms with Gasteiger partial charge in [0.1, 0.15) is 0 Å². The molecule has 0 spiro atoms. The third kappa shape index (κ3) is 4.05. The molecular formula is C15H21BrN2O. The van der Waals surface area contributed by atoms with Gasteiger partial charge in [0.15, 0.2) is 0 Å². The topological polar surface area (TPSA) is 55.1 Å². The quantitative estimate of drug-likeness (QED) is 0.894. The summed E-state index contributed by atoms with van der Waals surface area (Å²) < 4.78 is 0.978. The lowest BCUT2D eigenvalue weighted by Gasteiger charge is -2.30. The number of carbonyl (C=O) groups is 1. The largest absolute Gasteiger partial charge is 0.348 e. The fraction of sp³-hybridized carbons (Fsp3) is 0.533. The van der Waals surface area contributed by atoms with Gasteiger partial charge in [-0.1, -0.05) is 35.2 Å². The molecule has 1 aliphatic rings. The van der Waals surface area contributed by atoms with Crippen LogP contribution in [0.25, 0.3) is 0 Å². The molecule has 0 heterocycles. The molecule has 3 nitrogen and oxygen atoms in total. The van der Waals surface area contributed by atoms with Gasteiger partial charge in [0.25, 0.3) is 5.91 Å². The van der Waals surface area contributed by atoms with Crippen molar-refractivity contribution in [3.05, 3.63) is 34.3 Å². The van der Waals surface area contributed by atoms with Crippen LogP contribution in [0.5, 0.6) is 0 Å². The van der Waals surface area contributed by atoms with Crippen molar-refractivity contribution in [2.24, 2.45) is 11.7 Å². The first-order valence-corrected chi connectivity index (χ1v) is 7.76. The van der Waals surface area contributed by atoms with Gasteiger partial charge in [-0.2, -0.15) is 0 Å². The SMILES string of the molecule is NCC(NC(=O)c1ccc(Br)cc1)C1CCCCC1. The van der Waals surface area contributed by atoms with Crippen molar-refractivity contribution in [2.45, 2.75) is 38.1 Å². The van der Waals surface area contributed by atoms with E-state index < -0.39 is 0 Å². The minimum absolute atomic E-state index is 0.0199. The Kier molecular flexibility index (Phi) is 5.40. The molecule has 0 radical (unpaired) electrons. The first kappa shape index (κ1) is 14.5. The first-order chi connectivity index (χ1) is 9.20. The summed E-state index contributed by atoms with van der Waals surface area (Å²) in [4.78, 5) is 12.2. The number of nitrogens with two attached hydrogens (primary N) is 1. The molecule has 1 aliphatic carbocycles. The van der Waals surface area contributed by atoms with Crippen LogP contribution < -0.4 is 11.1 Å². The summed E-state index contributed by atoms with van der Waals surface area (Å²) in [5.74, 6) is 0.520. The Morgan fingerprint density at radius 1 is 1.26 bits per heavy atom. The summed E-state index contributed by atoms with van der Waals surface area (Å²) in [5, 5.41) is 3.09. The van der Waals surface area contributed by atoms with Crippen LogP contribution in [0.2, 0.25) is 0 Å². The summed E-state index contributed by atoms with van der Waals surface area (Å²) in [7, 11) is 0. The maximum Gasteiger partial charge on any atom is 0.251 e. The molecule has 1 atom stereocenters. The Morgan fingerprint density at radius 3 is 2.47 bits per heavy atom. The van der Waals surface area contributed by atoms with E-state index in [-0.39, 0.29) is 11.9 Å². The highest BCUT2D eigenvalue weighted by molar-refractivity contribution is 9.10. The van der Waals surface area contributed by atoms with E-state index in [9.17, 15) is 4.79 Å². The van der Waals surface area contributed by atoms with E-state index in [1.54, 1.807) is 0 Å². The van der Waals surface area contributed by atoms with Crippen LogP contribution in [0.1, 0.15) is 42.5 Å². The van der Waals surface area contributed by atoms with Gasteiger partial charge in [0.2, 0.25) is 0 Å². The fourth-order valence-electron chi connectivity index (χ4n) is 2.76. The Morgan fingerprint density at radius 2 is 1.89 bits per heavy atom. The molecule has 19 heavy (non-hydrogen) atoms. The number of benzene rings is 1. The zero-order chi connectivity index (χ0) is 13.7. The van der Waals surface area contributed by atoms with Crippen LogP contribution in [-0.2, 0) is 0 Å². The fourth-order valence-corrected chi connectivity index (χ4v) is 3.02. The van der Waals surface area contributed by atoms with Gasteiger partial charge in [0, 0.05) is 22.6 Å². The second kappa shape index (κ2) is 7.06. The smallest absolute Gasteiger partial charge is 0.251 e. The van der Waals surface area contributed by atoms with E-state index in [4.69, 9.17) is 5.73 Å². The molecule has 1 aromatic rings. The zero-order valence-corrected chi connectivity index (χ0v) is 12.7. The van der Waals surface area contributed by atoms with Gasteiger partial charge in [-0.3, -0.25) is 4.79 Å². The molecule has 1 unspecified atom stereocenters. The molecule has 1 saturated carbocycles. The summed E-state index contributed by atoms with van der Waals surface area (Å²) in [6.45, 7) is 0.521. The Bertz CT molecular complexity index is 413. The monoisotopic (exact) mass is 324 g/mol. The van der Waals surface area contributed by atoms with Gasteiger partial charge >= 0.3 is 0 Å². The molecule has 3 N–H and O–H groups in total. The van der Waals surface area contributed by atoms with Crippen LogP contribution in [0, 0.1) is 5.92 Å². The predicted octanol–water partition coefficient (Wildman–Crippen LogP) is 3.09. The zero-order valence-electron chi connectivity index (χ0n) is 11.1. The van der Waals surface area contributed by atoms with Gasteiger partial charge in [-0.25, -0.2) is 0 Å². The average Bonchev–Trinajstić information content (AvgIpc) is 2.46. The highest BCUT2D eigenvalue weighted by Gasteiger charge is 2.24. The molecule has 0 aromatic heterocycles. The van der Waals surface area contributed by atoms with E-state index in [1.165, 1.54) is 32.1 Å². The third-order valence-corrected chi connectivity index (χ3v) is 4.42. The van der Waals surface area contributed by atoms with Crippen LogP contribution in [0.15, 0.2) is 28.7 Å². The van der Waals surface area contributed by atoms with Gasteiger partial charge in [0.05, 0.1) is 0 Å². The molecule has 0 bridgehead atoms. The molecule has 0 aliphatic heterocycles. The van der Waals surface area contributed by atoms with E-state index in [2.05, 4.69) is 21.2 Å².